The van der Waals surface area contributed by atoms with Crippen molar-refractivity contribution in [2.45, 2.75) is 31.8 Å². The summed E-state index contributed by atoms with van der Waals surface area (Å²) in [5, 5.41) is 10.1. The highest BCUT2D eigenvalue weighted by Crippen LogP contribution is 2.62. The average molecular weight is 178 g/mol. The Hall–Kier alpha value is -0.630. The Morgan fingerprint density at radius 2 is 2.15 bits per heavy atom. The number of ketones is 1. The lowest BCUT2D eigenvalue weighted by Gasteiger charge is -2.59. The minimum Gasteiger partial charge on any atom is -0.390 e. The molecule has 4 bridgehead atoms. The third-order valence-electron chi connectivity index (χ3n) is 4.11. The quantitative estimate of drug-likeness (QED) is 0.614. The molecule has 1 N–H and O–H groups in total. The maximum absolute atomic E-state index is 11.3. The Labute approximate surface area is 77.6 Å². The van der Waals surface area contributed by atoms with E-state index in [-0.39, 0.29) is 5.92 Å². The van der Waals surface area contributed by atoms with Gasteiger partial charge in [-0.05, 0) is 38.0 Å². The predicted molar refractivity (Wildman–Crippen MR) is 48.0 cm³/mol. The van der Waals surface area contributed by atoms with E-state index in [2.05, 4.69) is 6.08 Å². The van der Waals surface area contributed by atoms with Crippen LogP contribution in [0.4, 0.5) is 0 Å². The normalized spacial score (nSPS) is 51.2. The third kappa shape index (κ3) is 0.798. The van der Waals surface area contributed by atoms with Gasteiger partial charge < -0.3 is 5.11 Å². The number of allylic oxidation sites excluding steroid dienone is 1. The van der Waals surface area contributed by atoms with Crippen molar-refractivity contribution in [2.24, 2.45) is 17.8 Å². The molecule has 0 aromatic heterocycles. The van der Waals surface area contributed by atoms with Gasteiger partial charge in [0, 0.05) is 5.92 Å². The second-order valence-corrected chi connectivity index (χ2v) is 4.89. The summed E-state index contributed by atoms with van der Waals surface area (Å²) >= 11 is 0. The summed E-state index contributed by atoms with van der Waals surface area (Å²) in [6.07, 6.45) is 4.65. The van der Waals surface area contributed by atoms with E-state index in [0.717, 1.165) is 19.3 Å². The largest absolute Gasteiger partial charge is 0.390 e. The average Bonchev–Trinajstić information content (AvgIpc) is 2.02. The van der Waals surface area contributed by atoms with E-state index in [1.165, 1.54) is 5.57 Å². The molecule has 0 aromatic carbocycles. The minimum atomic E-state index is -0.455. The number of carbonyl (C=O) groups is 1. The molecule has 0 amide bonds. The van der Waals surface area contributed by atoms with E-state index in [4.69, 9.17) is 0 Å². The fraction of sp³-hybridized carbons (Fsp3) is 0.727. The van der Waals surface area contributed by atoms with Crippen LogP contribution < -0.4 is 0 Å². The maximum atomic E-state index is 11.3. The standard InChI is InChI=1S/C11H14O2/c1-6(12)10-8-4-11(13)3-2-7(8)9(10)5-11/h2,8-10,13H,3-5H2,1H3. The van der Waals surface area contributed by atoms with Crippen LogP contribution in [-0.4, -0.2) is 16.5 Å². The second kappa shape index (κ2) is 2.06. The van der Waals surface area contributed by atoms with E-state index in [1.54, 1.807) is 6.92 Å². The van der Waals surface area contributed by atoms with Crippen LogP contribution in [0.3, 0.4) is 0 Å². The summed E-state index contributed by atoms with van der Waals surface area (Å²) in [6.45, 7) is 1.69. The molecule has 2 heteroatoms. The zero-order valence-corrected chi connectivity index (χ0v) is 7.79. The van der Waals surface area contributed by atoms with Crippen molar-refractivity contribution < 1.29 is 9.90 Å². The van der Waals surface area contributed by atoms with E-state index in [0.29, 0.717) is 17.6 Å². The molecular weight excluding hydrogens is 164 g/mol. The second-order valence-electron chi connectivity index (χ2n) is 4.89. The molecule has 5 rings (SSSR count). The maximum Gasteiger partial charge on any atom is 0.134 e. The lowest BCUT2D eigenvalue weighted by molar-refractivity contribution is -0.140. The van der Waals surface area contributed by atoms with Gasteiger partial charge in [0.25, 0.3) is 0 Å². The van der Waals surface area contributed by atoms with Gasteiger partial charge in [-0.2, -0.15) is 0 Å². The Bertz CT molecular complexity index is 300. The Kier molecular flexibility index (Phi) is 1.23. The lowest BCUT2D eigenvalue weighted by atomic mass is 9.46. The van der Waals surface area contributed by atoms with Gasteiger partial charge in [0.15, 0.2) is 0 Å². The first-order valence-corrected chi connectivity index (χ1v) is 5.03. The number of Topliss-reactive ketones (excluding diaryl/α,β-unsaturated/α-hetero) is 1. The summed E-state index contributed by atoms with van der Waals surface area (Å²) in [4.78, 5) is 11.3. The Balaban J connectivity index is 1.97. The van der Waals surface area contributed by atoms with Crippen LogP contribution in [0.1, 0.15) is 26.2 Å². The summed E-state index contributed by atoms with van der Waals surface area (Å²) in [7, 11) is 0. The van der Waals surface area contributed by atoms with Crippen molar-refractivity contribution in [1.29, 1.82) is 0 Å². The topological polar surface area (TPSA) is 37.3 Å². The molecule has 3 saturated carbocycles. The zero-order valence-electron chi connectivity index (χ0n) is 7.79. The van der Waals surface area contributed by atoms with Crippen LogP contribution in [0, 0.1) is 17.8 Å². The molecule has 0 heterocycles. The van der Waals surface area contributed by atoms with Gasteiger partial charge in [-0.1, -0.05) is 11.6 Å². The first-order chi connectivity index (χ1) is 6.11. The highest BCUT2D eigenvalue weighted by Gasteiger charge is 2.59. The summed E-state index contributed by atoms with van der Waals surface area (Å²) in [6, 6.07) is 0. The van der Waals surface area contributed by atoms with Gasteiger partial charge in [0.1, 0.15) is 5.78 Å². The van der Waals surface area contributed by atoms with Gasteiger partial charge >= 0.3 is 0 Å². The van der Waals surface area contributed by atoms with Crippen molar-refractivity contribution in [2.75, 3.05) is 0 Å². The SMILES string of the molecule is CC(=O)C1C2CC3(O)CC=C2C1C3. The third-order valence-corrected chi connectivity index (χ3v) is 4.11. The van der Waals surface area contributed by atoms with Crippen LogP contribution in [-0.2, 0) is 4.79 Å². The fourth-order valence-electron chi connectivity index (χ4n) is 3.59. The van der Waals surface area contributed by atoms with Gasteiger partial charge in [-0.25, -0.2) is 0 Å². The highest BCUT2D eigenvalue weighted by molar-refractivity contribution is 5.82. The van der Waals surface area contributed by atoms with E-state index in [9.17, 15) is 9.90 Å². The van der Waals surface area contributed by atoms with Crippen LogP contribution in [0.2, 0.25) is 0 Å². The van der Waals surface area contributed by atoms with Crippen LogP contribution in [0.15, 0.2) is 11.6 Å². The monoisotopic (exact) mass is 178 g/mol. The van der Waals surface area contributed by atoms with Gasteiger partial charge in [-0.3, -0.25) is 4.79 Å². The van der Waals surface area contributed by atoms with Crippen LogP contribution >= 0.6 is 0 Å². The van der Waals surface area contributed by atoms with E-state index < -0.39 is 5.60 Å². The zero-order chi connectivity index (χ0) is 9.22. The number of carbonyl (C=O) groups excluding carboxylic acids is 1. The van der Waals surface area contributed by atoms with Gasteiger partial charge in [0.05, 0.1) is 5.60 Å². The number of rotatable bonds is 1. The predicted octanol–water partition coefficient (Wildman–Crippen LogP) is 1.29. The van der Waals surface area contributed by atoms with Crippen LogP contribution in [0.5, 0.6) is 0 Å². The van der Waals surface area contributed by atoms with Crippen molar-refractivity contribution in [3.63, 3.8) is 0 Å². The summed E-state index contributed by atoms with van der Waals surface area (Å²) in [5.41, 5.74) is 1.01. The molecule has 13 heavy (non-hydrogen) atoms. The van der Waals surface area contributed by atoms with Crippen molar-refractivity contribution >= 4 is 5.78 Å². The number of aliphatic hydroxyl groups is 1. The Morgan fingerprint density at radius 3 is 2.62 bits per heavy atom. The molecule has 2 unspecified atom stereocenters. The molecule has 5 aliphatic carbocycles. The first-order valence-electron chi connectivity index (χ1n) is 5.03. The van der Waals surface area contributed by atoms with Gasteiger partial charge in [0.2, 0.25) is 0 Å². The number of fused-ring (bicyclic) bond motifs is 1. The van der Waals surface area contributed by atoms with Crippen molar-refractivity contribution in [3.8, 4) is 0 Å². The van der Waals surface area contributed by atoms with Crippen LogP contribution in [0.25, 0.3) is 0 Å². The first kappa shape index (κ1) is 7.74. The molecular formula is C11H14O2. The van der Waals surface area contributed by atoms with Gasteiger partial charge in [-0.15, -0.1) is 0 Å². The van der Waals surface area contributed by atoms with E-state index >= 15 is 0 Å². The molecule has 0 aromatic rings. The van der Waals surface area contributed by atoms with Crippen molar-refractivity contribution in [1.82, 2.24) is 0 Å². The lowest BCUT2D eigenvalue weighted by Crippen LogP contribution is -2.58. The molecule has 3 fully saturated rings. The summed E-state index contributed by atoms with van der Waals surface area (Å²) in [5.74, 6) is 1.35. The summed E-state index contributed by atoms with van der Waals surface area (Å²) < 4.78 is 0. The minimum absolute atomic E-state index is 0.242. The molecule has 0 saturated heterocycles. The van der Waals surface area contributed by atoms with E-state index in [1.807, 2.05) is 0 Å². The highest BCUT2D eigenvalue weighted by atomic mass is 16.3. The molecule has 2 nitrogen and oxygen atoms in total. The Morgan fingerprint density at radius 1 is 1.54 bits per heavy atom. The van der Waals surface area contributed by atoms with Crippen molar-refractivity contribution in [3.05, 3.63) is 11.6 Å². The smallest absolute Gasteiger partial charge is 0.134 e. The molecule has 70 valence electrons. The molecule has 0 aliphatic heterocycles. The number of hydrogen-bond donors (Lipinski definition) is 1. The molecule has 0 spiro atoms. The molecule has 0 radical (unpaired) electrons. The number of hydrogen-bond acceptors (Lipinski definition) is 2. The molecule has 2 atom stereocenters. The molecule has 5 aliphatic rings. The fourth-order valence-corrected chi connectivity index (χ4v) is 3.59.